The molecule has 31 heavy (non-hydrogen) atoms. The van der Waals surface area contributed by atoms with Gasteiger partial charge < -0.3 is 10.3 Å². The number of aryl methyl sites for hydroxylation is 1. The van der Waals surface area contributed by atoms with Gasteiger partial charge in [-0.25, -0.2) is 18.9 Å². The van der Waals surface area contributed by atoms with Crippen molar-refractivity contribution in [3.8, 4) is 22.6 Å². The topological polar surface area (TPSA) is 83.8 Å². The number of anilines is 1. The van der Waals surface area contributed by atoms with E-state index in [0.29, 0.717) is 27.9 Å². The lowest BCUT2D eigenvalue weighted by atomic mass is 10.1. The molecule has 0 atom stereocenters. The molecule has 154 valence electrons. The van der Waals surface area contributed by atoms with Crippen LogP contribution in [-0.4, -0.2) is 29.5 Å². The van der Waals surface area contributed by atoms with Crippen molar-refractivity contribution in [2.24, 2.45) is 0 Å². The Hall–Kier alpha value is -3.78. The standard InChI is InChI=1S/C22H17ClFN7/c1-13-3-2-4-18(28-13)21-20(14-7-8-31-19(10-14)26-12-27-31)29-22(30-21)25-11-15-9-16(23)5-6-17(15)24/h2-10,12H,11H2,1H3,(H2,25,29,30). The summed E-state index contributed by atoms with van der Waals surface area (Å²) in [5.41, 5.74) is 5.12. The van der Waals surface area contributed by atoms with Gasteiger partial charge in [-0.15, -0.1) is 0 Å². The molecule has 0 radical (unpaired) electrons. The van der Waals surface area contributed by atoms with Gasteiger partial charge in [-0.1, -0.05) is 17.7 Å². The van der Waals surface area contributed by atoms with E-state index in [0.717, 1.165) is 22.6 Å². The first-order valence-corrected chi connectivity index (χ1v) is 9.96. The van der Waals surface area contributed by atoms with Crippen LogP contribution in [0.2, 0.25) is 5.02 Å². The molecule has 5 aromatic rings. The highest BCUT2D eigenvalue weighted by molar-refractivity contribution is 6.30. The van der Waals surface area contributed by atoms with Crippen LogP contribution in [0.4, 0.5) is 10.3 Å². The van der Waals surface area contributed by atoms with Crippen molar-refractivity contribution >= 4 is 23.2 Å². The number of rotatable bonds is 5. The third-order valence-electron chi connectivity index (χ3n) is 4.86. The summed E-state index contributed by atoms with van der Waals surface area (Å²) >= 11 is 6.00. The molecule has 5 rings (SSSR count). The van der Waals surface area contributed by atoms with Crippen molar-refractivity contribution in [1.29, 1.82) is 0 Å². The van der Waals surface area contributed by atoms with Gasteiger partial charge in [-0.2, -0.15) is 5.10 Å². The summed E-state index contributed by atoms with van der Waals surface area (Å²) in [7, 11) is 0. The lowest BCUT2D eigenvalue weighted by Crippen LogP contribution is -2.03. The Bertz CT molecular complexity index is 1390. The number of hydrogen-bond donors (Lipinski definition) is 2. The lowest BCUT2D eigenvalue weighted by molar-refractivity contribution is 0.613. The molecule has 1 aromatic carbocycles. The first-order chi connectivity index (χ1) is 15.1. The molecular formula is C22H17ClFN7. The highest BCUT2D eigenvalue weighted by atomic mass is 35.5. The number of fused-ring (bicyclic) bond motifs is 1. The molecule has 0 amide bonds. The Kier molecular flexibility index (Phi) is 4.83. The van der Waals surface area contributed by atoms with Gasteiger partial charge in [0.2, 0.25) is 5.95 Å². The van der Waals surface area contributed by atoms with Crippen LogP contribution in [0.1, 0.15) is 11.3 Å². The predicted molar refractivity (Wildman–Crippen MR) is 117 cm³/mol. The average molecular weight is 434 g/mol. The second kappa shape index (κ2) is 7.81. The summed E-state index contributed by atoms with van der Waals surface area (Å²) in [4.78, 5) is 16.9. The largest absolute Gasteiger partial charge is 0.352 e. The molecule has 0 saturated carbocycles. The van der Waals surface area contributed by atoms with Crippen LogP contribution < -0.4 is 5.32 Å². The van der Waals surface area contributed by atoms with Crippen LogP contribution in [0.15, 0.2) is 61.1 Å². The van der Waals surface area contributed by atoms with Gasteiger partial charge in [0.05, 0.1) is 11.4 Å². The molecule has 4 heterocycles. The second-order valence-electron chi connectivity index (χ2n) is 7.04. The number of halogens is 2. The quantitative estimate of drug-likeness (QED) is 0.412. The predicted octanol–water partition coefficient (Wildman–Crippen LogP) is 4.89. The van der Waals surface area contributed by atoms with E-state index >= 15 is 0 Å². The minimum absolute atomic E-state index is 0.225. The number of hydrogen-bond acceptors (Lipinski definition) is 5. The first kappa shape index (κ1) is 19.2. The number of aromatic amines is 1. The maximum Gasteiger partial charge on any atom is 0.201 e. The molecule has 0 aliphatic rings. The van der Waals surface area contributed by atoms with Crippen LogP contribution in [0.3, 0.4) is 0 Å². The second-order valence-corrected chi connectivity index (χ2v) is 7.48. The number of pyridine rings is 2. The maximum absolute atomic E-state index is 14.1. The summed E-state index contributed by atoms with van der Waals surface area (Å²) < 4.78 is 15.8. The van der Waals surface area contributed by atoms with Crippen molar-refractivity contribution in [3.63, 3.8) is 0 Å². The number of nitrogens with one attached hydrogen (secondary N) is 2. The van der Waals surface area contributed by atoms with Crippen LogP contribution in [0.5, 0.6) is 0 Å². The highest BCUT2D eigenvalue weighted by Crippen LogP contribution is 2.31. The smallest absolute Gasteiger partial charge is 0.201 e. The lowest BCUT2D eigenvalue weighted by Gasteiger charge is -2.05. The van der Waals surface area contributed by atoms with E-state index in [2.05, 4.69) is 25.4 Å². The number of benzene rings is 1. The van der Waals surface area contributed by atoms with Gasteiger partial charge in [-0.3, -0.25) is 4.98 Å². The summed E-state index contributed by atoms with van der Waals surface area (Å²) in [6.07, 6.45) is 3.33. The van der Waals surface area contributed by atoms with Gasteiger partial charge in [0, 0.05) is 34.6 Å². The summed E-state index contributed by atoms with van der Waals surface area (Å²) in [6.45, 7) is 2.16. The molecule has 0 aliphatic heterocycles. The van der Waals surface area contributed by atoms with E-state index in [-0.39, 0.29) is 12.4 Å². The number of imidazole rings is 1. The molecule has 4 aromatic heterocycles. The van der Waals surface area contributed by atoms with Crippen molar-refractivity contribution in [2.75, 3.05) is 5.32 Å². The summed E-state index contributed by atoms with van der Waals surface area (Å²) in [6, 6.07) is 14.1. The van der Waals surface area contributed by atoms with Crippen molar-refractivity contribution in [3.05, 3.63) is 83.2 Å². The summed E-state index contributed by atoms with van der Waals surface area (Å²) in [5, 5.41) is 7.76. The zero-order valence-electron chi connectivity index (χ0n) is 16.5. The highest BCUT2D eigenvalue weighted by Gasteiger charge is 2.17. The Morgan fingerprint density at radius 1 is 1.13 bits per heavy atom. The van der Waals surface area contributed by atoms with Crippen LogP contribution in [0.25, 0.3) is 28.3 Å². The zero-order chi connectivity index (χ0) is 21.4. The molecule has 0 saturated heterocycles. The van der Waals surface area contributed by atoms with Crippen molar-refractivity contribution < 1.29 is 4.39 Å². The van der Waals surface area contributed by atoms with Gasteiger partial charge in [-0.05, 0) is 49.4 Å². The average Bonchev–Trinajstić information content (AvgIpc) is 3.41. The van der Waals surface area contributed by atoms with Crippen molar-refractivity contribution in [1.82, 2.24) is 29.5 Å². The van der Waals surface area contributed by atoms with Gasteiger partial charge in [0.1, 0.15) is 17.8 Å². The minimum atomic E-state index is -0.332. The molecular weight excluding hydrogens is 417 g/mol. The monoisotopic (exact) mass is 433 g/mol. The van der Waals surface area contributed by atoms with Crippen LogP contribution in [-0.2, 0) is 6.54 Å². The summed E-state index contributed by atoms with van der Waals surface area (Å²) in [5.74, 6) is 0.163. The third kappa shape index (κ3) is 3.85. The van der Waals surface area contributed by atoms with Crippen molar-refractivity contribution in [2.45, 2.75) is 13.5 Å². The molecule has 0 aliphatic carbocycles. The molecule has 0 spiro atoms. The third-order valence-corrected chi connectivity index (χ3v) is 5.09. The van der Waals surface area contributed by atoms with E-state index in [1.165, 1.54) is 18.5 Å². The Morgan fingerprint density at radius 2 is 2.03 bits per heavy atom. The molecule has 2 N–H and O–H groups in total. The Morgan fingerprint density at radius 3 is 2.90 bits per heavy atom. The van der Waals surface area contributed by atoms with E-state index in [9.17, 15) is 4.39 Å². The van der Waals surface area contributed by atoms with Gasteiger partial charge >= 0.3 is 0 Å². The number of aromatic nitrogens is 6. The van der Waals surface area contributed by atoms with E-state index in [1.54, 1.807) is 10.6 Å². The van der Waals surface area contributed by atoms with E-state index < -0.39 is 0 Å². The molecule has 0 bridgehead atoms. The van der Waals surface area contributed by atoms with Crippen LogP contribution >= 0.6 is 11.6 Å². The van der Waals surface area contributed by atoms with Gasteiger partial charge in [0.15, 0.2) is 5.65 Å². The zero-order valence-corrected chi connectivity index (χ0v) is 17.2. The fourth-order valence-electron chi connectivity index (χ4n) is 3.35. The number of nitrogens with zero attached hydrogens (tertiary/aromatic N) is 5. The van der Waals surface area contributed by atoms with E-state index in [4.69, 9.17) is 16.6 Å². The normalized spacial score (nSPS) is 11.2. The van der Waals surface area contributed by atoms with Crippen LogP contribution in [0, 0.1) is 12.7 Å². The molecule has 0 unspecified atom stereocenters. The Balaban J connectivity index is 1.55. The number of H-pyrrole nitrogens is 1. The SMILES string of the molecule is Cc1cccc(-c2[nH]c(NCc3cc(Cl)ccc3F)nc2-c2ccn3ncnc3c2)n1. The maximum atomic E-state index is 14.1. The molecule has 9 heteroatoms. The fraction of sp³-hybridized carbons (Fsp3) is 0.0909. The molecule has 7 nitrogen and oxygen atoms in total. The fourth-order valence-corrected chi connectivity index (χ4v) is 3.55. The Labute approximate surface area is 182 Å². The van der Waals surface area contributed by atoms with Gasteiger partial charge in [0.25, 0.3) is 0 Å². The van der Waals surface area contributed by atoms with E-state index in [1.807, 2.05) is 43.5 Å². The minimum Gasteiger partial charge on any atom is -0.352 e. The first-order valence-electron chi connectivity index (χ1n) is 9.58. The molecule has 0 fully saturated rings.